The molecule has 96 valence electrons. The van der Waals surface area contributed by atoms with Gasteiger partial charge in [-0.2, -0.15) is 0 Å². The van der Waals surface area contributed by atoms with Crippen molar-refractivity contribution in [3.8, 4) is 5.75 Å². The van der Waals surface area contributed by atoms with Crippen molar-refractivity contribution in [2.45, 2.75) is 40.0 Å². The smallest absolute Gasteiger partial charge is 0.130 e. The molecule has 0 fully saturated rings. The highest BCUT2D eigenvalue weighted by Crippen LogP contribution is 2.37. The number of hydrogen-bond donors (Lipinski definition) is 0. The third-order valence-corrected chi connectivity index (χ3v) is 3.76. The highest BCUT2D eigenvalue weighted by atomic mass is 16.5. The molecule has 0 spiro atoms. The second-order valence-electron chi connectivity index (χ2n) is 4.58. The van der Waals surface area contributed by atoms with E-state index < -0.39 is 0 Å². The van der Waals surface area contributed by atoms with E-state index >= 15 is 0 Å². The van der Waals surface area contributed by atoms with Crippen LogP contribution in [0.25, 0.3) is 10.8 Å². The van der Waals surface area contributed by atoms with Gasteiger partial charge in [0.15, 0.2) is 0 Å². The van der Waals surface area contributed by atoms with Crippen LogP contribution < -0.4 is 4.74 Å². The van der Waals surface area contributed by atoms with Gasteiger partial charge in [-0.15, -0.1) is 0 Å². The Morgan fingerprint density at radius 3 is 1.83 bits per heavy atom. The molecule has 0 radical (unpaired) electrons. The van der Waals surface area contributed by atoms with Gasteiger partial charge in [-0.25, -0.2) is 0 Å². The summed E-state index contributed by atoms with van der Waals surface area (Å²) >= 11 is 0. The molecule has 0 saturated heterocycles. The molecule has 18 heavy (non-hydrogen) atoms. The maximum Gasteiger partial charge on any atom is 0.130 e. The zero-order chi connectivity index (χ0) is 13.1. The van der Waals surface area contributed by atoms with Crippen LogP contribution in [0.2, 0.25) is 0 Å². The minimum absolute atomic E-state index is 1.03. The summed E-state index contributed by atoms with van der Waals surface area (Å²) in [6.07, 6.45) is 3.19. The van der Waals surface area contributed by atoms with E-state index in [1.165, 1.54) is 27.5 Å². The van der Waals surface area contributed by atoms with Gasteiger partial charge in [0.1, 0.15) is 5.75 Å². The molecule has 0 bridgehead atoms. The number of fused-ring (bicyclic) bond motifs is 1. The molecule has 1 nitrogen and oxygen atoms in total. The van der Waals surface area contributed by atoms with E-state index in [2.05, 4.69) is 45.0 Å². The molecule has 2 aromatic carbocycles. The predicted molar refractivity (Wildman–Crippen MR) is 78.6 cm³/mol. The van der Waals surface area contributed by atoms with Gasteiger partial charge in [-0.1, -0.05) is 45.0 Å². The number of methoxy groups -OCH3 is 1. The van der Waals surface area contributed by atoms with Gasteiger partial charge in [0.05, 0.1) is 7.11 Å². The van der Waals surface area contributed by atoms with Crippen LogP contribution in [-0.2, 0) is 19.3 Å². The van der Waals surface area contributed by atoms with E-state index in [0.29, 0.717) is 0 Å². The lowest BCUT2D eigenvalue weighted by atomic mass is 9.89. The van der Waals surface area contributed by atoms with Crippen molar-refractivity contribution >= 4 is 10.8 Å². The van der Waals surface area contributed by atoms with E-state index in [4.69, 9.17) is 4.74 Å². The van der Waals surface area contributed by atoms with Gasteiger partial charge in [0, 0.05) is 5.39 Å². The lowest BCUT2D eigenvalue weighted by molar-refractivity contribution is 0.414. The third-order valence-electron chi connectivity index (χ3n) is 3.76. The van der Waals surface area contributed by atoms with Crippen LogP contribution in [0.1, 0.15) is 37.5 Å². The predicted octanol–water partition coefficient (Wildman–Crippen LogP) is 4.54. The summed E-state index contributed by atoms with van der Waals surface area (Å²) in [6, 6.07) is 8.60. The fourth-order valence-electron chi connectivity index (χ4n) is 3.03. The summed E-state index contributed by atoms with van der Waals surface area (Å²) in [5, 5.41) is 2.61. The Morgan fingerprint density at radius 2 is 1.33 bits per heavy atom. The van der Waals surface area contributed by atoms with Gasteiger partial charge >= 0.3 is 0 Å². The Hall–Kier alpha value is -1.50. The topological polar surface area (TPSA) is 9.23 Å². The Morgan fingerprint density at radius 1 is 0.778 bits per heavy atom. The molecular formula is C17H22O. The van der Waals surface area contributed by atoms with Crippen LogP contribution in [0, 0.1) is 0 Å². The number of benzene rings is 2. The summed E-state index contributed by atoms with van der Waals surface area (Å²) in [5.74, 6) is 1.07. The maximum absolute atomic E-state index is 5.69. The molecule has 0 unspecified atom stereocenters. The van der Waals surface area contributed by atoms with Crippen LogP contribution in [0.15, 0.2) is 24.3 Å². The third kappa shape index (κ3) is 1.88. The van der Waals surface area contributed by atoms with Gasteiger partial charge in [-0.05, 0) is 41.3 Å². The van der Waals surface area contributed by atoms with Gasteiger partial charge in [0.2, 0.25) is 0 Å². The standard InChI is InChI=1S/C17H22O/c1-5-12-13(6-2)15-10-8-9-11-16(15)17(18-4)14(12)7-3/h8-11H,5-7H2,1-4H3. The lowest BCUT2D eigenvalue weighted by Crippen LogP contribution is -2.03. The van der Waals surface area contributed by atoms with Crippen molar-refractivity contribution in [3.05, 3.63) is 41.0 Å². The fourth-order valence-corrected chi connectivity index (χ4v) is 3.03. The minimum Gasteiger partial charge on any atom is -0.496 e. The number of aryl methyl sites for hydroxylation is 1. The maximum atomic E-state index is 5.69. The van der Waals surface area contributed by atoms with Crippen LogP contribution in [0.4, 0.5) is 0 Å². The van der Waals surface area contributed by atoms with Gasteiger partial charge in [0.25, 0.3) is 0 Å². The largest absolute Gasteiger partial charge is 0.496 e. The molecule has 0 aliphatic rings. The van der Waals surface area contributed by atoms with Gasteiger partial charge < -0.3 is 4.74 Å². The molecule has 2 rings (SSSR count). The van der Waals surface area contributed by atoms with Crippen molar-refractivity contribution in [2.75, 3.05) is 7.11 Å². The Balaban J connectivity index is 2.94. The SMILES string of the molecule is CCc1c(CC)c(OC)c2ccccc2c1CC. The molecule has 0 aromatic heterocycles. The normalized spacial score (nSPS) is 10.9. The summed E-state index contributed by atoms with van der Waals surface area (Å²) in [4.78, 5) is 0. The Bertz CT molecular complexity index is 505. The quantitative estimate of drug-likeness (QED) is 0.765. The highest BCUT2D eigenvalue weighted by Gasteiger charge is 2.16. The average Bonchev–Trinajstić information content (AvgIpc) is 2.44. The first-order valence-electron chi connectivity index (χ1n) is 6.87. The molecule has 0 amide bonds. The monoisotopic (exact) mass is 242 g/mol. The first-order chi connectivity index (χ1) is 8.78. The molecule has 0 atom stereocenters. The van der Waals surface area contributed by atoms with Crippen LogP contribution in [0.5, 0.6) is 5.75 Å². The van der Waals surface area contributed by atoms with Gasteiger partial charge in [-0.3, -0.25) is 0 Å². The molecule has 0 heterocycles. The average molecular weight is 242 g/mol. The molecule has 0 aliphatic carbocycles. The molecule has 0 saturated carbocycles. The molecule has 2 aromatic rings. The molecular weight excluding hydrogens is 220 g/mol. The fraction of sp³-hybridized carbons (Fsp3) is 0.412. The number of ether oxygens (including phenoxy) is 1. The summed E-state index contributed by atoms with van der Waals surface area (Å²) in [5.41, 5.74) is 4.36. The first kappa shape index (κ1) is 12.9. The first-order valence-corrected chi connectivity index (χ1v) is 6.87. The summed E-state index contributed by atoms with van der Waals surface area (Å²) in [6.45, 7) is 6.69. The lowest BCUT2D eigenvalue weighted by Gasteiger charge is -2.19. The Kier molecular flexibility index (Phi) is 3.90. The second-order valence-corrected chi connectivity index (χ2v) is 4.58. The summed E-state index contributed by atoms with van der Waals surface area (Å²) < 4.78 is 5.69. The van der Waals surface area contributed by atoms with E-state index in [-0.39, 0.29) is 0 Å². The van der Waals surface area contributed by atoms with E-state index in [9.17, 15) is 0 Å². The van der Waals surface area contributed by atoms with Crippen LogP contribution in [-0.4, -0.2) is 7.11 Å². The Labute approximate surface area is 110 Å². The zero-order valence-electron chi connectivity index (χ0n) is 11.8. The van der Waals surface area contributed by atoms with Crippen molar-refractivity contribution in [1.29, 1.82) is 0 Å². The van der Waals surface area contributed by atoms with Crippen molar-refractivity contribution in [3.63, 3.8) is 0 Å². The second kappa shape index (κ2) is 5.43. The van der Waals surface area contributed by atoms with E-state index in [1.54, 1.807) is 7.11 Å². The minimum atomic E-state index is 1.03. The van der Waals surface area contributed by atoms with Crippen LogP contribution in [0.3, 0.4) is 0 Å². The molecule has 0 aliphatic heterocycles. The van der Waals surface area contributed by atoms with Crippen LogP contribution >= 0.6 is 0 Å². The van der Waals surface area contributed by atoms with E-state index in [0.717, 1.165) is 25.0 Å². The van der Waals surface area contributed by atoms with Crippen molar-refractivity contribution in [2.24, 2.45) is 0 Å². The zero-order valence-corrected chi connectivity index (χ0v) is 11.8. The van der Waals surface area contributed by atoms with Crippen molar-refractivity contribution in [1.82, 2.24) is 0 Å². The highest BCUT2D eigenvalue weighted by molar-refractivity contribution is 5.93. The molecule has 1 heteroatoms. The van der Waals surface area contributed by atoms with Crippen molar-refractivity contribution < 1.29 is 4.74 Å². The number of rotatable bonds is 4. The van der Waals surface area contributed by atoms with E-state index in [1.807, 2.05) is 0 Å². The summed E-state index contributed by atoms with van der Waals surface area (Å²) in [7, 11) is 1.78. The molecule has 0 N–H and O–H groups in total. The number of hydrogen-bond acceptors (Lipinski definition) is 1.